The first kappa shape index (κ1) is 30.9. The molecular weight excluding hydrogens is 664 g/mol. The average Bonchev–Trinajstić information content (AvgIpc) is 3.79. The van der Waals surface area contributed by atoms with Crippen LogP contribution in [0.4, 0.5) is 24.5 Å². The van der Waals surface area contributed by atoms with Crippen LogP contribution in [0.2, 0.25) is 0 Å². The number of benzene rings is 3. The number of nitrogens with zero attached hydrogens (tertiary/aromatic N) is 1. The number of hydrogen-bond donors (Lipinski definition) is 2. The van der Waals surface area contributed by atoms with E-state index in [0.717, 1.165) is 32.9 Å². The number of rotatable bonds is 6. The third-order valence-electron chi connectivity index (χ3n) is 10.1. The first-order valence-corrected chi connectivity index (χ1v) is 17.2. The maximum Gasteiger partial charge on any atom is 0.418 e. The summed E-state index contributed by atoms with van der Waals surface area (Å²) >= 11 is 2.66. The predicted molar refractivity (Wildman–Crippen MR) is 174 cm³/mol. The molecule has 1 aromatic heterocycles. The van der Waals surface area contributed by atoms with Gasteiger partial charge in [0.25, 0.3) is 5.91 Å². The lowest BCUT2D eigenvalue weighted by atomic mass is 9.68. The summed E-state index contributed by atoms with van der Waals surface area (Å²) in [6.45, 7) is 1.39. The minimum Gasteiger partial charge on any atom is -0.483 e. The van der Waals surface area contributed by atoms with Crippen LogP contribution < -0.4 is 19.8 Å². The SMILES string of the molecule is Cc1ccc(N2C(=O)C3C4CC(C3C2=O)C2C4Sc3[nH]c(=O)sc3[C@@H]2c2ccccc2OCC(=O)Nc2ccccc2C(F)(F)F)cc1. The molecule has 0 spiro atoms. The van der Waals surface area contributed by atoms with E-state index in [4.69, 9.17) is 4.74 Å². The third-order valence-corrected chi connectivity index (χ3v) is 12.7. The van der Waals surface area contributed by atoms with Crippen molar-refractivity contribution in [1.82, 2.24) is 4.98 Å². The number of carbonyl (C=O) groups excluding carboxylic acids is 3. The molecule has 8 rings (SSSR count). The van der Waals surface area contributed by atoms with E-state index in [-0.39, 0.29) is 51.3 Å². The minimum atomic E-state index is -4.65. The molecule has 246 valence electrons. The number of ether oxygens (including phenoxy) is 1. The number of nitrogens with one attached hydrogen (secondary N) is 2. The molecule has 4 aliphatic rings. The van der Waals surface area contributed by atoms with Crippen molar-refractivity contribution >= 4 is 52.2 Å². The summed E-state index contributed by atoms with van der Waals surface area (Å²) in [5, 5.41) is 2.99. The average molecular weight is 692 g/mol. The van der Waals surface area contributed by atoms with Crippen LogP contribution in [0, 0.1) is 36.5 Å². The molecule has 1 saturated heterocycles. The lowest BCUT2D eigenvalue weighted by Crippen LogP contribution is -2.42. The zero-order chi connectivity index (χ0) is 33.5. The maximum atomic E-state index is 14.0. The predicted octanol–water partition coefficient (Wildman–Crippen LogP) is 6.46. The summed E-state index contributed by atoms with van der Waals surface area (Å²) in [5.74, 6) is -2.39. The lowest BCUT2D eigenvalue weighted by molar-refractivity contribution is -0.137. The Morgan fingerprint density at radius 3 is 2.40 bits per heavy atom. The molecule has 6 unspecified atom stereocenters. The summed E-state index contributed by atoms with van der Waals surface area (Å²) in [6.07, 6.45) is -3.94. The summed E-state index contributed by atoms with van der Waals surface area (Å²) in [4.78, 5) is 58.4. The van der Waals surface area contributed by atoms with Crippen LogP contribution in [0.3, 0.4) is 0 Å². The van der Waals surface area contributed by atoms with Gasteiger partial charge in [-0.05, 0) is 61.4 Å². The number of aromatic nitrogens is 1. The number of amides is 3. The second kappa shape index (κ2) is 11.4. The van der Waals surface area contributed by atoms with E-state index < -0.39 is 36.1 Å². The molecule has 48 heavy (non-hydrogen) atoms. The Kier molecular flexibility index (Phi) is 7.33. The number of H-pyrrole nitrogens is 1. The summed E-state index contributed by atoms with van der Waals surface area (Å²) < 4.78 is 46.5. The summed E-state index contributed by atoms with van der Waals surface area (Å²) in [5.41, 5.74) is 0.967. The van der Waals surface area contributed by atoms with Crippen molar-refractivity contribution in [2.75, 3.05) is 16.8 Å². The lowest BCUT2D eigenvalue weighted by Gasteiger charge is -2.43. The quantitative estimate of drug-likeness (QED) is 0.225. The zero-order valence-electron chi connectivity index (χ0n) is 25.3. The molecule has 0 radical (unpaired) electrons. The number of fused-ring (bicyclic) bond motifs is 9. The van der Waals surface area contributed by atoms with E-state index >= 15 is 0 Å². The molecule has 3 heterocycles. The van der Waals surface area contributed by atoms with Crippen molar-refractivity contribution in [1.29, 1.82) is 0 Å². The highest BCUT2D eigenvalue weighted by atomic mass is 32.2. The number of imide groups is 1. The van der Waals surface area contributed by atoms with E-state index in [2.05, 4.69) is 10.3 Å². The highest BCUT2D eigenvalue weighted by Gasteiger charge is 2.69. The number of aryl methyl sites for hydroxylation is 1. The zero-order valence-corrected chi connectivity index (χ0v) is 27.0. The Balaban J connectivity index is 1.11. The van der Waals surface area contributed by atoms with Gasteiger partial charge in [-0.3, -0.25) is 24.1 Å². The number of halogens is 3. The molecule has 7 atom stereocenters. The highest BCUT2D eigenvalue weighted by molar-refractivity contribution is 8.00. The van der Waals surface area contributed by atoms with Gasteiger partial charge < -0.3 is 15.0 Å². The fourth-order valence-electron chi connectivity index (χ4n) is 8.35. The van der Waals surface area contributed by atoms with Crippen LogP contribution in [-0.2, 0) is 20.6 Å². The van der Waals surface area contributed by atoms with Crippen molar-refractivity contribution in [2.24, 2.45) is 29.6 Å². The number of aromatic amines is 1. The summed E-state index contributed by atoms with van der Waals surface area (Å²) in [6, 6.07) is 19.2. The first-order valence-electron chi connectivity index (χ1n) is 15.5. The molecule has 2 aliphatic heterocycles. The molecule has 2 aliphatic carbocycles. The Morgan fingerprint density at radius 2 is 1.65 bits per heavy atom. The van der Waals surface area contributed by atoms with E-state index in [0.29, 0.717) is 23.4 Å². The van der Waals surface area contributed by atoms with Crippen molar-refractivity contribution in [3.63, 3.8) is 0 Å². The number of thiazole rings is 1. The molecule has 2 bridgehead atoms. The highest BCUT2D eigenvalue weighted by Crippen LogP contribution is 2.69. The number of thioether (sulfide) groups is 1. The van der Waals surface area contributed by atoms with Crippen molar-refractivity contribution in [3.05, 3.63) is 104 Å². The van der Waals surface area contributed by atoms with Crippen molar-refractivity contribution in [3.8, 4) is 5.75 Å². The van der Waals surface area contributed by atoms with Gasteiger partial charge in [-0.1, -0.05) is 59.4 Å². The molecule has 4 aromatic rings. The molecule has 3 aromatic carbocycles. The van der Waals surface area contributed by atoms with Gasteiger partial charge in [-0.2, -0.15) is 13.2 Å². The van der Waals surface area contributed by atoms with Gasteiger partial charge in [0.2, 0.25) is 11.8 Å². The monoisotopic (exact) mass is 691 g/mol. The van der Waals surface area contributed by atoms with E-state index in [1.54, 1.807) is 36.0 Å². The maximum absolute atomic E-state index is 14.0. The van der Waals surface area contributed by atoms with Gasteiger partial charge in [0.1, 0.15) is 5.75 Å². The summed E-state index contributed by atoms with van der Waals surface area (Å²) in [7, 11) is 0. The van der Waals surface area contributed by atoms with E-state index in [9.17, 15) is 32.3 Å². The topological polar surface area (TPSA) is 109 Å². The molecule has 3 fully saturated rings. The standard InChI is InChI=1S/C35H28F3N3O5S2/c1-16-10-12-17(13-11-16)41-32(43)27-19-14-20(28(27)33(41)44)29-26(19)25(30-31(47-29)40-34(45)48-30)18-6-2-5-9-23(18)46-15-24(42)39-22-8-4-3-7-21(22)35(36,37)38/h2-13,19-20,25-29H,14-15H2,1H3,(H,39,42)(H,40,45)/t19?,20?,25-,26?,27?,28?,29?/m1/s1. The Labute approximate surface area is 280 Å². The number of anilines is 2. The van der Waals surface area contributed by atoms with Crippen LogP contribution in [0.5, 0.6) is 5.75 Å². The Bertz CT molecular complexity index is 2030. The number of para-hydroxylation sites is 2. The van der Waals surface area contributed by atoms with Gasteiger partial charge in [0.05, 0.1) is 33.8 Å². The van der Waals surface area contributed by atoms with Gasteiger partial charge in [-0.15, -0.1) is 11.8 Å². The normalized spacial score (nSPS) is 27.1. The fraction of sp³-hybridized carbons (Fsp3) is 0.314. The molecule has 3 amide bonds. The second-order valence-electron chi connectivity index (χ2n) is 12.7. The second-order valence-corrected chi connectivity index (χ2v) is 14.9. The smallest absolute Gasteiger partial charge is 0.418 e. The van der Waals surface area contributed by atoms with Crippen LogP contribution >= 0.6 is 23.1 Å². The minimum absolute atomic E-state index is 0.0519. The molecule has 8 nitrogen and oxygen atoms in total. The molecule has 2 N–H and O–H groups in total. The molecule has 13 heteroatoms. The number of carbonyl (C=O) groups is 3. The number of hydrogen-bond acceptors (Lipinski definition) is 7. The molecular formula is C35H28F3N3O5S2. The van der Waals surface area contributed by atoms with Crippen LogP contribution in [0.1, 0.15) is 33.9 Å². The van der Waals surface area contributed by atoms with Crippen molar-refractivity contribution in [2.45, 2.75) is 35.7 Å². The van der Waals surface area contributed by atoms with Crippen molar-refractivity contribution < 1.29 is 32.3 Å². The molecule has 2 saturated carbocycles. The third kappa shape index (κ3) is 4.89. The van der Waals surface area contributed by atoms with Gasteiger partial charge in [-0.25, -0.2) is 0 Å². The largest absolute Gasteiger partial charge is 0.483 e. The van der Waals surface area contributed by atoms with E-state index in [1.807, 2.05) is 31.2 Å². The Morgan fingerprint density at radius 1 is 0.958 bits per heavy atom. The fourth-order valence-corrected chi connectivity index (χ4v) is 11.2. The first-order chi connectivity index (χ1) is 23.0. The van der Waals surface area contributed by atoms with Crippen LogP contribution in [-0.4, -0.2) is 34.6 Å². The van der Waals surface area contributed by atoms with Crippen LogP contribution in [0.15, 0.2) is 82.6 Å². The van der Waals surface area contributed by atoms with Gasteiger partial charge in [0.15, 0.2) is 6.61 Å². The van der Waals surface area contributed by atoms with Gasteiger partial charge >= 0.3 is 11.0 Å². The number of alkyl halides is 3. The van der Waals surface area contributed by atoms with Gasteiger partial charge in [0, 0.05) is 21.6 Å². The van der Waals surface area contributed by atoms with Crippen LogP contribution in [0.25, 0.3) is 0 Å². The Hall–Kier alpha value is -4.36. The van der Waals surface area contributed by atoms with E-state index in [1.165, 1.54) is 23.1 Å².